The molecule has 3 heteroatoms. The zero-order valence-electron chi connectivity index (χ0n) is 10.7. The second-order valence-electron chi connectivity index (χ2n) is 4.95. The first-order chi connectivity index (χ1) is 9.13. The van der Waals surface area contributed by atoms with Gasteiger partial charge in [-0.15, -0.1) is 0 Å². The lowest BCUT2D eigenvalue weighted by atomic mass is 10.1. The maximum absolute atomic E-state index is 12.5. The summed E-state index contributed by atoms with van der Waals surface area (Å²) in [5.74, 6) is 0.0978. The van der Waals surface area contributed by atoms with Crippen LogP contribution in [-0.2, 0) is 13.1 Å². The average molecular weight is 316 g/mol. The number of aryl methyl sites for hydroxylation is 1. The van der Waals surface area contributed by atoms with Crippen molar-refractivity contribution in [1.29, 1.82) is 0 Å². The van der Waals surface area contributed by atoms with Gasteiger partial charge in [0.05, 0.1) is 0 Å². The number of fused-ring (bicyclic) bond motifs is 1. The largest absolute Gasteiger partial charge is 0.330 e. The van der Waals surface area contributed by atoms with Gasteiger partial charge in [0.25, 0.3) is 5.91 Å². The van der Waals surface area contributed by atoms with E-state index < -0.39 is 0 Å². The molecule has 0 unspecified atom stereocenters. The van der Waals surface area contributed by atoms with Crippen LogP contribution in [0.5, 0.6) is 0 Å². The topological polar surface area (TPSA) is 20.3 Å². The molecule has 0 N–H and O–H groups in total. The summed E-state index contributed by atoms with van der Waals surface area (Å²) in [4.78, 5) is 14.4. The lowest BCUT2D eigenvalue weighted by Gasteiger charge is -2.16. The maximum atomic E-state index is 12.5. The van der Waals surface area contributed by atoms with Gasteiger partial charge in [-0.05, 0) is 41.8 Å². The smallest absolute Gasteiger partial charge is 0.254 e. The molecule has 0 atom stereocenters. The summed E-state index contributed by atoms with van der Waals surface area (Å²) >= 11 is 3.45. The molecule has 1 aliphatic rings. The quantitative estimate of drug-likeness (QED) is 0.781. The van der Waals surface area contributed by atoms with Crippen molar-refractivity contribution in [2.24, 2.45) is 0 Å². The molecule has 0 aromatic heterocycles. The van der Waals surface area contributed by atoms with Crippen LogP contribution >= 0.6 is 15.9 Å². The molecule has 3 rings (SSSR count). The summed E-state index contributed by atoms with van der Waals surface area (Å²) in [6, 6.07) is 14.1. The molecule has 0 saturated carbocycles. The van der Waals surface area contributed by atoms with Gasteiger partial charge in [0.1, 0.15) is 0 Å². The van der Waals surface area contributed by atoms with Crippen molar-refractivity contribution in [1.82, 2.24) is 4.90 Å². The van der Waals surface area contributed by atoms with Crippen molar-refractivity contribution >= 4 is 21.8 Å². The molecule has 2 aromatic rings. The van der Waals surface area contributed by atoms with Crippen LogP contribution in [0.25, 0.3) is 0 Å². The fourth-order valence-corrected chi connectivity index (χ4v) is 3.13. The molecule has 1 amide bonds. The van der Waals surface area contributed by atoms with Crippen LogP contribution in [0.1, 0.15) is 27.0 Å². The first-order valence-corrected chi connectivity index (χ1v) is 7.06. The van der Waals surface area contributed by atoms with Crippen molar-refractivity contribution in [3.8, 4) is 0 Å². The van der Waals surface area contributed by atoms with Gasteiger partial charge in [0.2, 0.25) is 0 Å². The predicted octanol–water partition coefficient (Wildman–Crippen LogP) is 3.91. The van der Waals surface area contributed by atoms with E-state index in [1.54, 1.807) is 0 Å². The summed E-state index contributed by atoms with van der Waals surface area (Å²) in [6.07, 6.45) is 0. The molecule has 19 heavy (non-hydrogen) atoms. The number of nitrogens with zero attached hydrogens (tertiary/aromatic N) is 1. The van der Waals surface area contributed by atoms with Crippen molar-refractivity contribution in [2.75, 3.05) is 0 Å². The Bertz CT molecular complexity index is 606. The molecule has 0 aliphatic carbocycles. The Hall–Kier alpha value is -1.61. The number of halogens is 1. The summed E-state index contributed by atoms with van der Waals surface area (Å²) in [6.45, 7) is 3.42. The number of carbonyl (C=O) groups excluding carboxylic acids is 1. The molecular formula is C16H14BrNO. The lowest BCUT2D eigenvalue weighted by Crippen LogP contribution is -2.25. The van der Waals surface area contributed by atoms with E-state index in [0.717, 1.165) is 15.6 Å². The molecule has 0 bridgehead atoms. The minimum atomic E-state index is 0.0978. The first kappa shape index (κ1) is 12.4. The van der Waals surface area contributed by atoms with Gasteiger partial charge in [0, 0.05) is 23.1 Å². The number of amides is 1. The van der Waals surface area contributed by atoms with E-state index in [4.69, 9.17) is 0 Å². The van der Waals surface area contributed by atoms with Gasteiger partial charge in [-0.1, -0.05) is 40.2 Å². The minimum Gasteiger partial charge on any atom is -0.330 e. The molecular weight excluding hydrogens is 302 g/mol. The van der Waals surface area contributed by atoms with Crippen LogP contribution in [0.15, 0.2) is 46.9 Å². The number of hydrogen-bond acceptors (Lipinski definition) is 1. The standard InChI is InChI=1S/C16H14BrNO/c1-11-6-14(8-15(17)7-11)16(19)18-9-12-4-2-3-5-13(12)10-18/h2-8H,9-10H2,1H3. The van der Waals surface area contributed by atoms with E-state index in [1.165, 1.54) is 11.1 Å². The third-order valence-corrected chi connectivity index (χ3v) is 3.87. The van der Waals surface area contributed by atoms with E-state index in [1.807, 2.05) is 42.2 Å². The van der Waals surface area contributed by atoms with Crippen LogP contribution in [0, 0.1) is 6.92 Å². The predicted molar refractivity (Wildman–Crippen MR) is 78.9 cm³/mol. The highest BCUT2D eigenvalue weighted by Crippen LogP contribution is 2.25. The highest BCUT2D eigenvalue weighted by molar-refractivity contribution is 9.10. The highest BCUT2D eigenvalue weighted by atomic mass is 79.9. The molecule has 2 nitrogen and oxygen atoms in total. The maximum Gasteiger partial charge on any atom is 0.254 e. The van der Waals surface area contributed by atoms with E-state index in [-0.39, 0.29) is 5.91 Å². The normalized spacial score (nSPS) is 13.5. The number of rotatable bonds is 1. The SMILES string of the molecule is Cc1cc(Br)cc(C(=O)N2Cc3ccccc3C2)c1. The average Bonchev–Trinajstić information content (AvgIpc) is 2.80. The Morgan fingerprint density at radius 3 is 2.32 bits per heavy atom. The van der Waals surface area contributed by atoms with Gasteiger partial charge in [-0.25, -0.2) is 0 Å². The highest BCUT2D eigenvalue weighted by Gasteiger charge is 2.23. The van der Waals surface area contributed by atoms with Crippen LogP contribution in [-0.4, -0.2) is 10.8 Å². The van der Waals surface area contributed by atoms with Gasteiger partial charge < -0.3 is 4.90 Å². The number of hydrogen-bond donors (Lipinski definition) is 0. The second-order valence-corrected chi connectivity index (χ2v) is 5.86. The molecule has 0 radical (unpaired) electrons. The lowest BCUT2D eigenvalue weighted by molar-refractivity contribution is 0.0751. The van der Waals surface area contributed by atoms with Crippen molar-refractivity contribution in [3.63, 3.8) is 0 Å². The molecule has 0 spiro atoms. The fourth-order valence-electron chi connectivity index (χ4n) is 2.52. The Morgan fingerprint density at radius 2 is 1.74 bits per heavy atom. The van der Waals surface area contributed by atoms with Crippen LogP contribution in [0.3, 0.4) is 0 Å². The summed E-state index contributed by atoms with van der Waals surface area (Å²) < 4.78 is 0.951. The van der Waals surface area contributed by atoms with Crippen LogP contribution < -0.4 is 0 Å². The van der Waals surface area contributed by atoms with Crippen molar-refractivity contribution < 1.29 is 4.79 Å². The molecule has 1 aliphatic heterocycles. The monoisotopic (exact) mass is 315 g/mol. The van der Waals surface area contributed by atoms with Gasteiger partial charge >= 0.3 is 0 Å². The van der Waals surface area contributed by atoms with E-state index in [9.17, 15) is 4.79 Å². The van der Waals surface area contributed by atoms with Gasteiger partial charge in [-0.3, -0.25) is 4.79 Å². The Labute approximate surface area is 121 Å². The third kappa shape index (κ3) is 2.43. The Morgan fingerprint density at radius 1 is 1.11 bits per heavy atom. The molecule has 2 aromatic carbocycles. The zero-order valence-corrected chi connectivity index (χ0v) is 12.3. The zero-order chi connectivity index (χ0) is 13.4. The van der Waals surface area contributed by atoms with Crippen molar-refractivity contribution in [2.45, 2.75) is 20.0 Å². The molecule has 0 saturated heterocycles. The Kier molecular flexibility index (Phi) is 3.15. The minimum absolute atomic E-state index is 0.0978. The molecule has 0 fully saturated rings. The van der Waals surface area contributed by atoms with Gasteiger partial charge in [-0.2, -0.15) is 0 Å². The number of carbonyl (C=O) groups is 1. The Balaban J connectivity index is 1.87. The van der Waals surface area contributed by atoms with E-state index >= 15 is 0 Å². The summed E-state index contributed by atoms with van der Waals surface area (Å²) in [5.41, 5.74) is 4.35. The van der Waals surface area contributed by atoms with Gasteiger partial charge in [0.15, 0.2) is 0 Å². The van der Waals surface area contributed by atoms with E-state index in [2.05, 4.69) is 28.1 Å². The fraction of sp³-hybridized carbons (Fsp3) is 0.188. The van der Waals surface area contributed by atoms with Crippen LogP contribution in [0.4, 0.5) is 0 Å². The summed E-state index contributed by atoms with van der Waals surface area (Å²) in [5, 5.41) is 0. The number of benzene rings is 2. The first-order valence-electron chi connectivity index (χ1n) is 6.27. The van der Waals surface area contributed by atoms with Crippen molar-refractivity contribution in [3.05, 3.63) is 69.2 Å². The third-order valence-electron chi connectivity index (χ3n) is 3.42. The summed E-state index contributed by atoms with van der Waals surface area (Å²) in [7, 11) is 0. The second kappa shape index (κ2) is 4.82. The van der Waals surface area contributed by atoms with E-state index in [0.29, 0.717) is 13.1 Å². The van der Waals surface area contributed by atoms with Crippen LogP contribution in [0.2, 0.25) is 0 Å². The molecule has 1 heterocycles. The molecule has 96 valence electrons.